The molecule has 0 aliphatic carbocycles. The third-order valence-corrected chi connectivity index (χ3v) is 2.39. The molecule has 0 saturated heterocycles. The quantitative estimate of drug-likeness (QED) is 0.515. The number of carbonyl (C=O) groups is 2. The highest BCUT2D eigenvalue weighted by atomic mass is 16.2. The molecule has 3 heteroatoms. The first-order valence-electron chi connectivity index (χ1n) is 6.29. The Labute approximate surface area is 98.5 Å². The van der Waals surface area contributed by atoms with Gasteiger partial charge in [0.25, 0.3) is 11.8 Å². The smallest absolute Gasteiger partial charge is 0.253 e. The van der Waals surface area contributed by atoms with Gasteiger partial charge in [-0.05, 0) is 6.42 Å². The van der Waals surface area contributed by atoms with Crippen molar-refractivity contribution >= 4 is 11.8 Å². The van der Waals surface area contributed by atoms with Crippen molar-refractivity contribution in [3.63, 3.8) is 0 Å². The minimum Gasteiger partial charge on any atom is -0.275 e. The third kappa shape index (κ3) is 5.10. The van der Waals surface area contributed by atoms with Crippen molar-refractivity contribution in [1.82, 2.24) is 4.90 Å². The monoisotopic (exact) mass is 225 g/mol. The zero-order chi connectivity index (χ0) is 12.4. The molecule has 2 amide bonds. The van der Waals surface area contributed by atoms with Gasteiger partial charge in [-0.15, -0.1) is 0 Å². The average molecular weight is 225 g/mol. The predicted molar refractivity (Wildman–Crippen MR) is 66.0 cm³/mol. The summed E-state index contributed by atoms with van der Waals surface area (Å²) in [6, 6.07) is 0. The minimum atomic E-state index is -0.162. The van der Waals surface area contributed by atoms with E-state index in [0.29, 0.717) is 6.54 Å². The fourth-order valence-corrected chi connectivity index (χ4v) is 1.52. The second-order valence-electron chi connectivity index (χ2n) is 3.58. The average Bonchev–Trinajstić information content (AvgIpc) is 2.62. The predicted octanol–water partition coefficient (Wildman–Crippen LogP) is 2.91. The van der Waals surface area contributed by atoms with Crippen LogP contribution < -0.4 is 0 Å². The molecule has 16 heavy (non-hydrogen) atoms. The van der Waals surface area contributed by atoms with Gasteiger partial charge in [-0.2, -0.15) is 0 Å². The molecule has 1 heterocycles. The van der Waals surface area contributed by atoms with Gasteiger partial charge in [0.05, 0.1) is 0 Å². The summed E-state index contributed by atoms with van der Waals surface area (Å²) in [5.41, 5.74) is 0. The first-order chi connectivity index (χ1) is 7.75. The van der Waals surface area contributed by atoms with Crippen LogP contribution in [0.4, 0.5) is 0 Å². The maximum absolute atomic E-state index is 11.1. The van der Waals surface area contributed by atoms with E-state index in [1.165, 1.54) is 36.3 Å². The molecule has 1 rings (SSSR count). The maximum atomic E-state index is 11.1. The molecule has 0 N–H and O–H groups in total. The molecule has 0 aromatic carbocycles. The molecule has 0 aromatic heterocycles. The number of hydrogen-bond donors (Lipinski definition) is 0. The highest BCUT2D eigenvalue weighted by Crippen LogP contribution is 2.08. The van der Waals surface area contributed by atoms with Crippen LogP contribution in [0, 0.1) is 0 Å². The minimum absolute atomic E-state index is 0.162. The van der Waals surface area contributed by atoms with Gasteiger partial charge in [0.1, 0.15) is 0 Å². The summed E-state index contributed by atoms with van der Waals surface area (Å²) in [6.07, 6.45) is 8.36. The van der Waals surface area contributed by atoms with Crippen molar-refractivity contribution in [3.05, 3.63) is 12.2 Å². The molecule has 0 atom stereocenters. The molecule has 3 nitrogen and oxygen atoms in total. The molecule has 0 bridgehead atoms. The van der Waals surface area contributed by atoms with Crippen LogP contribution in [0.5, 0.6) is 0 Å². The fraction of sp³-hybridized carbons (Fsp3) is 0.692. The van der Waals surface area contributed by atoms with Crippen molar-refractivity contribution in [2.45, 2.75) is 52.9 Å². The molecule has 0 unspecified atom stereocenters. The van der Waals surface area contributed by atoms with Crippen molar-refractivity contribution in [2.75, 3.05) is 6.54 Å². The topological polar surface area (TPSA) is 37.4 Å². The van der Waals surface area contributed by atoms with Gasteiger partial charge in [-0.1, -0.05) is 46.5 Å². The van der Waals surface area contributed by atoms with E-state index in [1.54, 1.807) is 0 Å². The third-order valence-electron chi connectivity index (χ3n) is 2.39. The number of hydrogen-bond acceptors (Lipinski definition) is 2. The van der Waals surface area contributed by atoms with Gasteiger partial charge in [0, 0.05) is 18.7 Å². The lowest BCUT2D eigenvalue weighted by Gasteiger charge is -2.12. The Morgan fingerprint density at radius 1 is 0.938 bits per heavy atom. The first kappa shape index (κ1) is 14.9. The highest BCUT2D eigenvalue weighted by molar-refractivity contribution is 6.12. The van der Waals surface area contributed by atoms with Crippen molar-refractivity contribution in [2.24, 2.45) is 0 Å². The maximum Gasteiger partial charge on any atom is 0.253 e. The summed E-state index contributed by atoms with van der Waals surface area (Å²) in [4.78, 5) is 23.6. The van der Waals surface area contributed by atoms with Crippen LogP contribution in [0.1, 0.15) is 52.9 Å². The summed E-state index contributed by atoms with van der Waals surface area (Å²) in [5.74, 6) is -0.323. The highest BCUT2D eigenvalue weighted by Gasteiger charge is 2.21. The van der Waals surface area contributed by atoms with E-state index in [4.69, 9.17) is 0 Å². The summed E-state index contributed by atoms with van der Waals surface area (Å²) in [7, 11) is 0. The van der Waals surface area contributed by atoms with Gasteiger partial charge >= 0.3 is 0 Å². The molecule has 0 radical (unpaired) electrons. The first-order valence-corrected chi connectivity index (χ1v) is 6.29. The number of imide groups is 1. The van der Waals surface area contributed by atoms with Gasteiger partial charge in [-0.25, -0.2) is 0 Å². The van der Waals surface area contributed by atoms with Gasteiger partial charge < -0.3 is 0 Å². The second kappa shape index (κ2) is 9.13. The number of amides is 2. The van der Waals surface area contributed by atoms with Crippen molar-refractivity contribution in [3.8, 4) is 0 Å². The van der Waals surface area contributed by atoms with Crippen LogP contribution in [0.25, 0.3) is 0 Å². The normalized spacial score (nSPS) is 14.1. The lowest BCUT2D eigenvalue weighted by molar-refractivity contribution is -0.136. The number of unbranched alkanes of at least 4 members (excludes halogenated alkanes) is 4. The van der Waals surface area contributed by atoms with E-state index in [0.717, 1.165) is 12.8 Å². The Morgan fingerprint density at radius 2 is 1.44 bits per heavy atom. The standard InChI is InChI=1S/C11H17NO2.C2H6/c1-2-3-4-5-6-9-12-10(13)7-8-11(12)14;1-2/h7-8H,2-6,9H2,1H3;1-2H3. The summed E-state index contributed by atoms with van der Waals surface area (Å²) < 4.78 is 0. The lowest BCUT2D eigenvalue weighted by atomic mass is 10.1. The number of rotatable bonds is 6. The van der Waals surface area contributed by atoms with E-state index in [-0.39, 0.29) is 11.8 Å². The van der Waals surface area contributed by atoms with E-state index in [1.807, 2.05) is 13.8 Å². The Morgan fingerprint density at radius 3 is 1.94 bits per heavy atom. The zero-order valence-corrected chi connectivity index (χ0v) is 10.7. The van der Waals surface area contributed by atoms with Crippen molar-refractivity contribution < 1.29 is 9.59 Å². The Balaban J connectivity index is 0.00000106. The summed E-state index contributed by atoms with van der Waals surface area (Å²) in [5, 5.41) is 0. The Hall–Kier alpha value is -1.12. The van der Waals surface area contributed by atoms with Crippen LogP contribution in [0.15, 0.2) is 12.2 Å². The van der Waals surface area contributed by atoms with Gasteiger partial charge in [0.2, 0.25) is 0 Å². The zero-order valence-electron chi connectivity index (χ0n) is 10.7. The van der Waals surface area contributed by atoms with Crippen molar-refractivity contribution in [1.29, 1.82) is 0 Å². The second-order valence-corrected chi connectivity index (χ2v) is 3.58. The van der Waals surface area contributed by atoms with Crippen LogP contribution in [0.2, 0.25) is 0 Å². The fourth-order valence-electron chi connectivity index (χ4n) is 1.52. The largest absolute Gasteiger partial charge is 0.275 e. The number of nitrogens with zero attached hydrogens (tertiary/aromatic N) is 1. The van der Waals surface area contributed by atoms with Crippen LogP contribution in [-0.2, 0) is 9.59 Å². The molecule has 1 aliphatic heterocycles. The molecule has 0 saturated carbocycles. The van der Waals surface area contributed by atoms with E-state index in [2.05, 4.69) is 6.92 Å². The molecular weight excluding hydrogens is 202 g/mol. The molecular formula is C13H23NO2. The lowest BCUT2D eigenvalue weighted by Crippen LogP contribution is -2.30. The molecule has 92 valence electrons. The van der Waals surface area contributed by atoms with E-state index < -0.39 is 0 Å². The molecule has 0 spiro atoms. The van der Waals surface area contributed by atoms with Gasteiger partial charge in [-0.3, -0.25) is 14.5 Å². The summed E-state index contributed by atoms with van der Waals surface area (Å²) >= 11 is 0. The van der Waals surface area contributed by atoms with Gasteiger partial charge in [0.15, 0.2) is 0 Å². The SMILES string of the molecule is CC.CCCCCCCN1C(=O)C=CC1=O. The Kier molecular flexibility index (Phi) is 8.49. The summed E-state index contributed by atoms with van der Waals surface area (Å²) in [6.45, 7) is 6.74. The Bertz CT molecular complexity index is 228. The van der Waals surface area contributed by atoms with Crippen LogP contribution >= 0.6 is 0 Å². The van der Waals surface area contributed by atoms with E-state index >= 15 is 0 Å². The van der Waals surface area contributed by atoms with E-state index in [9.17, 15) is 9.59 Å². The molecule has 1 aliphatic rings. The molecule has 0 aromatic rings. The number of carbonyl (C=O) groups excluding carboxylic acids is 2. The van der Waals surface area contributed by atoms with Crippen LogP contribution in [0.3, 0.4) is 0 Å². The van der Waals surface area contributed by atoms with Crippen LogP contribution in [-0.4, -0.2) is 23.3 Å². The molecule has 0 fully saturated rings.